The van der Waals surface area contributed by atoms with Gasteiger partial charge in [0.2, 0.25) is 0 Å². The van der Waals surface area contributed by atoms with E-state index in [0.717, 1.165) is 10.4 Å². The van der Waals surface area contributed by atoms with Crippen molar-refractivity contribution in [3.8, 4) is 11.1 Å². The summed E-state index contributed by atoms with van der Waals surface area (Å²) in [5.41, 5.74) is 2.39. The highest BCUT2D eigenvalue weighted by atomic mass is 35.5. The fraction of sp³-hybridized carbons (Fsp3) is 0. The van der Waals surface area contributed by atoms with Gasteiger partial charge in [-0.2, -0.15) is 0 Å². The van der Waals surface area contributed by atoms with Crippen molar-refractivity contribution in [2.75, 3.05) is 0 Å². The van der Waals surface area contributed by atoms with Gasteiger partial charge in [0, 0.05) is 10.4 Å². The molecular formula is C16H11Cl. The van der Waals surface area contributed by atoms with Gasteiger partial charge in [-0.05, 0) is 22.6 Å². The zero-order valence-corrected chi connectivity index (χ0v) is 9.98. The van der Waals surface area contributed by atoms with Crippen LogP contribution in [0.15, 0.2) is 66.7 Å². The summed E-state index contributed by atoms with van der Waals surface area (Å²) in [5.74, 6) is 0. The number of rotatable bonds is 1. The molecular weight excluding hydrogens is 228 g/mol. The van der Waals surface area contributed by atoms with E-state index in [1.54, 1.807) is 0 Å². The molecule has 0 unspecified atom stereocenters. The second-order valence-electron chi connectivity index (χ2n) is 4.01. The molecule has 1 heteroatoms. The lowest BCUT2D eigenvalue weighted by Gasteiger charge is -2.08. The summed E-state index contributed by atoms with van der Waals surface area (Å²) in [6, 6.07) is 22.6. The molecule has 0 aliphatic rings. The summed E-state index contributed by atoms with van der Waals surface area (Å²) < 4.78 is 0. The van der Waals surface area contributed by atoms with E-state index >= 15 is 0 Å². The Bertz CT molecular complexity index is 651. The molecule has 0 heterocycles. The summed E-state index contributed by atoms with van der Waals surface area (Å²) in [5, 5.41) is 3.11. The quantitative estimate of drug-likeness (QED) is 0.549. The van der Waals surface area contributed by atoms with Crippen LogP contribution < -0.4 is 0 Å². The number of benzene rings is 3. The standard InChI is InChI=1S/C16H11Cl/c17-15-11-5-9-13-8-4-10-14(16(13)15)12-6-2-1-3-7-12/h1-11H. The number of hydrogen-bond donors (Lipinski definition) is 0. The maximum Gasteiger partial charge on any atom is 0.0490 e. The largest absolute Gasteiger partial charge is 0.0836 e. The second-order valence-corrected chi connectivity index (χ2v) is 4.42. The van der Waals surface area contributed by atoms with Gasteiger partial charge in [-0.15, -0.1) is 0 Å². The van der Waals surface area contributed by atoms with E-state index in [1.165, 1.54) is 16.5 Å². The lowest BCUT2D eigenvalue weighted by molar-refractivity contribution is 1.65. The van der Waals surface area contributed by atoms with Gasteiger partial charge >= 0.3 is 0 Å². The third-order valence-corrected chi connectivity index (χ3v) is 3.25. The van der Waals surface area contributed by atoms with Crippen LogP contribution in [0.1, 0.15) is 0 Å². The highest BCUT2D eigenvalue weighted by Crippen LogP contribution is 2.33. The van der Waals surface area contributed by atoms with Crippen molar-refractivity contribution >= 4 is 22.4 Å². The van der Waals surface area contributed by atoms with Crippen LogP contribution in [0.4, 0.5) is 0 Å². The van der Waals surface area contributed by atoms with Gasteiger partial charge < -0.3 is 0 Å². The molecule has 0 atom stereocenters. The van der Waals surface area contributed by atoms with E-state index in [4.69, 9.17) is 11.6 Å². The van der Waals surface area contributed by atoms with Gasteiger partial charge in [0.15, 0.2) is 0 Å². The molecule has 0 saturated heterocycles. The average Bonchev–Trinajstić information content (AvgIpc) is 2.39. The normalized spacial score (nSPS) is 10.6. The molecule has 82 valence electrons. The van der Waals surface area contributed by atoms with Crippen molar-refractivity contribution in [1.29, 1.82) is 0 Å². The average molecular weight is 239 g/mol. The number of halogens is 1. The van der Waals surface area contributed by atoms with Crippen LogP contribution in [0.25, 0.3) is 21.9 Å². The molecule has 0 aromatic heterocycles. The minimum absolute atomic E-state index is 0.807. The molecule has 0 aliphatic heterocycles. The van der Waals surface area contributed by atoms with Crippen molar-refractivity contribution in [1.82, 2.24) is 0 Å². The lowest BCUT2D eigenvalue weighted by Crippen LogP contribution is -1.81. The zero-order valence-electron chi connectivity index (χ0n) is 9.23. The first-order chi connectivity index (χ1) is 8.36. The monoisotopic (exact) mass is 238 g/mol. The van der Waals surface area contributed by atoms with E-state index in [-0.39, 0.29) is 0 Å². The Labute approximate surface area is 105 Å². The first-order valence-corrected chi connectivity index (χ1v) is 5.97. The van der Waals surface area contributed by atoms with Gasteiger partial charge in [0.05, 0.1) is 0 Å². The van der Waals surface area contributed by atoms with E-state index in [1.807, 2.05) is 30.3 Å². The van der Waals surface area contributed by atoms with Crippen molar-refractivity contribution in [2.24, 2.45) is 0 Å². The lowest BCUT2D eigenvalue weighted by atomic mass is 9.98. The zero-order chi connectivity index (χ0) is 11.7. The van der Waals surface area contributed by atoms with Gasteiger partial charge in [-0.25, -0.2) is 0 Å². The van der Waals surface area contributed by atoms with Crippen LogP contribution >= 0.6 is 11.6 Å². The predicted octanol–water partition coefficient (Wildman–Crippen LogP) is 5.16. The van der Waals surface area contributed by atoms with Gasteiger partial charge in [-0.1, -0.05) is 72.3 Å². The smallest absolute Gasteiger partial charge is 0.0490 e. The Kier molecular flexibility index (Phi) is 2.58. The van der Waals surface area contributed by atoms with Crippen LogP contribution in [-0.4, -0.2) is 0 Å². The van der Waals surface area contributed by atoms with E-state index in [2.05, 4.69) is 36.4 Å². The fourth-order valence-corrected chi connectivity index (χ4v) is 2.44. The topological polar surface area (TPSA) is 0 Å². The molecule has 0 fully saturated rings. The molecule has 0 aliphatic carbocycles. The molecule has 0 amide bonds. The Morgan fingerprint density at radius 1 is 0.647 bits per heavy atom. The first kappa shape index (κ1) is 10.4. The minimum Gasteiger partial charge on any atom is -0.0836 e. The molecule has 0 bridgehead atoms. The SMILES string of the molecule is Clc1cccc2cccc(-c3ccccc3)c12. The summed E-state index contributed by atoms with van der Waals surface area (Å²) in [4.78, 5) is 0. The minimum atomic E-state index is 0.807. The molecule has 0 nitrogen and oxygen atoms in total. The summed E-state index contributed by atoms with van der Waals surface area (Å²) >= 11 is 6.31. The highest BCUT2D eigenvalue weighted by Gasteiger charge is 2.05. The molecule has 0 saturated carbocycles. The Morgan fingerprint density at radius 3 is 2.12 bits per heavy atom. The van der Waals surface area contributed by atoms with Crippen molar-refractivity contribution in [2.45, 2.75) is 0 Å². The summed E-state index contributed by atoms with van der Waals surface area (Å²) in [6.45, 7) is 0. The summed E-state index contributed by atoms with van der Waals surface area (Å²) in [6.07, 6.45) is 0. The van der Waals surface area contributed by atoms with Crippen LogP contribution in [-0.2, 0) is 0 Å². The van der Waals surface area contributed by atoms with Crippen molar-refractivity contribution < 1.29 is 0 Å². The predicted molar refractivity (Wildman–Crippen MR) is 74.4 cm³/mol. The van der Waals surface area contributed by atoms with E-state index in [0.29, 0.717) is 0 Å². The third kappa shape index (κ3) is 1.81. The molecule has 3 rings (SSSR count). The number of fused-ring (bicyclic) bond motifs is 1. The third-order valence-electron chi connectivity index (χ3n) is 2.94. The number of hydrogen-bond acceptors (Lipinski definition) is 0. The molecule has 0 radical (unpaired) electrons. The second kappa shape index (κ2) is 4.23. The van der Waals surface area contributed by atoms with Gasteiger partial charge in [-0.3, -0.25) is 0 Å². The van der Waals surface area contributed by atoms with Crippen molar-refractivity contribution in [3.63, 3.8) is 0 Å². The first-order valence-electron chi connectivity index (χ1n) is 5.59. The van der Waals surface area contributed by atoms with Crippen LogP contribution in [0.2, 0.25) is 5.02 Å². The van der Waals surface area contributed by atoms with Gasteiger partial charge in [0.1, 0.15) is 0 Å². The summed E-state index contributed by atoms with van der Waals surface area (Å²) in [7, 11) is 0. The van der Waals surface area contributed by atoms with E-state index < -0.39 is 0 Å². The molecule has 17 heavy (non-hydrogen) atoms. The molecule has 3 aromatic rings. The van der Waals surface area contributed by atoms with Crippen molar-refractivity contribution in [3.05, 3.63) is 71.8 Å². The molecule has 0 N–H and O–H groups in total. The Morgan fingerprint density at radius 2 is 1.35 bits per heavy atom. The Balaban J connectivity index is 2.38. The van der Waals surface area contributed by atoms with Crippen LogP contribution in [0.5, 0.6) is 0 Å². The van der Waals surface area contributed by atoms with Gasteiger partial charge in [0.25, 0.3) is 0 Å². The maximum absolute atomic E-state index is 6.31. The Hall–Kier alpha value is -1.79. The molecule has 0 spiro atoms. The maximum atomic E-state index is 6.31. The molecule has 3 aromatic carbocycles. The van der Waals surface area contributed by atoms with Crippen LogP contribution in [0, 0.1) is 0 Å². The van der Waals surface area contributed by atoms with Crippen LogP contribution in [0.3, 0.4) is 0 Å². The van der Waals surface area contributed by atoms with E-state index in [9.17, 15) is 0 Å². The fourth-order valence-electron chi connectivity index (χ4n) is 2.15. The highest BCUT2D eigenvalue weighted by molar-refractivity contribution is 6.36.